The van der Waals surface area contributed by atoms with Crippen molar-refractivity contribution in [2.75, 3.05) is 6.54 Å². The molecule has 0 aliphatic carbocycles. The Balaban J connectivity index is 0. The summed E-state index contributed by atoms with van der Waals surface area (Å²) >= 11 is 0. The van der Waals surface area contributed by atoms with E-state index in [4.69, 9.17) is 4.74 Å². The molecule has 0 saturated carbocycles. The highest BCUT2D eigenvalue weighted by atomic mass is 16.6. The van der Waals surface area contributed by atoms with Gasteiger partial charge in [0.05, 0.1) is 0 Å². The van der Waals surface area contributed by atoms with E-state index in [2.05, 4.69) is 18.8 Å². The normalized spacial score (nSPS) is 9.88. The number of carbonyl (C=O) groups excluding carboxylic acids is 1. The van der Waals surface area contributed by atoms with Gasteiger partial charge in [0.2, 0.25) is 0 Å². The zero-order valence-corrected chi connectivity index (χ0v) is 11.6. The van der Waals surface area contributed by atoms with Gasteiger partial charge in [0.1, 0.15) is 5.60 Å². The predicted octanol–water partition coefficient (Wildman–Crippen LogP) is 3.89. The van der Waals surface area contributed by atoms with Crippen molar-refractivity contribution >= 4 is 6.09 Å². The van der Waals surface area contributed by atoms with Crippen LogP contribution in [0.15, 0.2) is 12.2 Å². The Morgan fingerprint density at radius 2 is 1.81 bits per heavy atom. The van der Waals surface area contributed by atoms with Gasteiger partial charge in [0, 0.05) is 6.54 Å². The highest BCUT2D eigenvalue weighted by Crippen LogP contribution is 2.06. The van der Waals surface area contributed by atoms with E-state index in [9.17, 15) is 4.79 Å². The maximum atomic E-state index is 11.2. The van der Waals surface area contributed by atoms with Crippen LogP contribution in [-0.2, 0) is 4.74 Å². The Labute approximate surface area is 100 Å². The van der Waals surface area contributed by atoms with Crippen molar-refractivity contribution < 1.29 is 9.53 Å². The van der Waals surface area contributed by atoms with Crippen LogP contribution in [0.25, 0.3) is 0 Å². The molecule has 0 aromatic carbocycles. The summed E-state index contributed by atoms with van der Waals surface area (Å²) in [6.45, 7) is 16.0. The van der Waals surface area contributed by atoms with E-state index in [1.807, 2.05) is 34.6 Å². The minimum Gasteiger partial charge on any atom is -0.444 e. The van der Waals surface area contributed by atoms with Crippen molar-refractivity contribution in [3.63, 3.8) is 0 Å². The lowest BCUT2D eigenvalue weighted by molar-refractivity contribution is 0.0528. The average molecular weight is 229 g/mol. The summed E-state index contributed by atoms with van der Waals surface area (Å²) in [5.41, 5.74) is 0.715. The van der Waals surface area contributed by atoms with Crippen LogP contribution in [0.1, 0.15) is 54.4 Å². The smallest absolute Gasteiger partial charge is 0.407 e. The molecule has 0 aliphatic rings. The van der Waals surface area contributed by atoms with Crippen LogP contribution in [0.4, 0.5) is 4.79 Å². The lowest BCUT2D eigenvalue weighted by atomic mass is 10.2. The summed E-state index contributed by atoms with van der Waals surface area (Å²) in [5, 5.41) is 2.68. The fourth-order valence-electron chi connectivity index (χ4n) is 0.832. The fraction of sp³-hybridized carbons (Fsp3) is 0.769. The summed E-state index contributed by atoms with van der Waals surface area (Å²) in [6, 6.07) is 0. The van der Waals surface area contributed by atoms with Crippen molar-refractivity contribution in [1.29, 1.82) is 0 Å². The summed E-state index contributed by atoms with van der Waals surface area (Å²) in [5.74, 6) is 0. The van der Waals surface area contributed by atoms with E-state index in [0.29, 0.717) is 6.54 Å². The van der Waals surface area contributed by atoms with Crippen molar-refractivity contribution in [2.24, 2.45) is 0 Å². The molecule has 0 bridgehead atoms. The standard InChI is InChI=1S/C11H21NO2.C2H6/c1-6-9(2)7-8-12-10(13)14-11(3,4)5;1-2/h2,6-8H2,1,3-5H3,(H,12,13);1-2H3. The van der Waals surface area contributed by atoms with Gasteiger partial charge >= 0.3 is 6.09 Å². The number of amides is 1. The summed E-state index contributed by atoms with van der Waals surface area (Å²) in [4.78, 5) is 11.2. The molecular weight excluding hydrogens is 202 g/mol. The Bertz CT molecular complexity index is 204. The molecule has 1 amide bonds. The van der Waals surface area contributed by atoms with Gasteiger partial charge in [-0.3, -0.25) is 0 Å². The second-order valence-corrected chi connectivity index (χ2v) is 4.28. The molecule has 0 atom stereocenters. The molecule has 0 aromatic heterocycles. The van der Waals surface area contributed by atoms with Crippen molar-refractivity contribution in [3.8, 4) is 0 Å². The first kappa shape index (κ1) is 17.4. The number of rotatable bonds is 4. The second kappa shape index (κ2) is 9.25. The fourth-order valence-corrected chi connectivity index (χ4v) is 0.832. The highest BCUT2D eigenvalue weighted by Gasteiger charge is 2.15. The van der Waals surface area contributed by atoms with Gasteiger partial charge in [-0.25, -0.2) is 4.79 Å². The third kappa shape index (κ3) is 13.0. The largest absolute Gasteiger partial charge is 0.444 e. The molecule has 0 aromatic rings. The SMILES string of the molecule is C=C(CC)CCNC(=O)OC(C)(C)C.CC. The van der Waals surface area contributed by atoms with Gasteiger partial charge in [0.15, 0.2) is 0 Å². The molecule has 3 nitrogen and oxygen atoms in total. The predicted molar refractivity (Wildman–Crippen MR) is 69.6 cm³/mol. The highest BCUT2D eigenvalue weighted by molar-refractivity contribution is 5.67. The monoisotopic (exact) mass is 229 g/mol. The maximum Gasteiger partial charge on any atom is 0.407 e. The Kier molecular flexibility index (Phi) is 10.1. The number of alkyl carbamates (subject to hydrolysis) is 1. The Morgan fingerprint density at radius 3 is 2.19 bits per heavy atom. The van der Waals surface area contributed by atoms with Gasteiger partial charge in [-0.15, -0.1) is 0 Å². The minimum atomic E-state index is -0.425. The number of carbonyl (C=O) groups is 1. The van der Waals surface area contributed by atoms with Crippen LogP contribution in [-0.4, -0.2) is 18.2 Å². The van der Waals surface area contributed by atoms with Gasteiger partial charge in [0.25, 0.3) is 0 Å². The lowest BCUT2D eigenvalue weighted by Gasteiger charge is -2.19. The number of nitrogens with one attached hydrogen (secondary N) is 1. The van der Waals surface area contributed by atoms with E-state index in [0.717, 1.165) is 18.4 Å². The molecule has 1 N–H and O–H groups in total. The zero-order chi connectivity index (χ0) is 13.2. The minimum absolute atomic E-state index is 0.360. The summed E-state index contributed by atoms with van der Waals surface area (Å²) in [6.07, 6.45) is 1.41. The summed E-state index contributed by atoms with van der Waals surface area (Å²) in [7, 11) is 0. The van der Waals surface area contributed by atoms with Crippen LogP contribution in [0.2, 0.25) is 0 Å². The molecule has 0 spiro atoms. The molecule has 3 heteroatoms. The molecule has 0 aliphatic heterocycles. The number of ether oxygens (including phenoxy) is 1. The third-order valence-corrected chi connectivity index (χ3v) is 1.65. The van der Waals surface area contributed by atoms with Gasteiger partial charge in [-0.2, -0.15) is 0 Å². The van der Waals surface area contributed by atoms with Crippen molar-refractivity contribution in [1.82, 2.24) is 5.32 Å². The third-order valence-electron chi connectivity index (χ3n) is 1.65. The maximum absolute atomic E-state index is 11.2. The van der Waals surface area contributed by atoms with E-state index >= 15 is 0 Å². The van der Waals surface area contributed by atoms with E-state index in [-0.39, 0.29) is 6.09 Å². The molecule has 0 unspecified atom stereocenters. The molecule has 16 heavy (non-hydrogen) atoms. The Hall–Kier alpha value is -0.990. The quantitative estimate of drug-likeness (QED) is 0.743. The van der Waals surface area contributed by atoms with Crippen LogP contribution in [0, 0.1) is 0 Å². The Morgan fingerprint density at radius 1 is 1.31 bits per heavy atom. The topological polar surface area (TPSA) is 38.3 Å². The van der Waals surface area contributed by atoms with Gasteiger partial charge in [-0.05, 0) is 33.6 Å². The lowest BCUT2D eigenvalue weighted by Crippen LogP contribution is -2.33. The van der Waals surface area contributed by atoms with E-state index < -0.39 is 5.60 Å². The van der Waals surface area contributed by atoms with Crippen LogP contribution in [0.5, 0.6) is 0 Å². The average Bonchev–Trinajstić information content (AvgIpc) is 2.18. The number of hydrogen-bond acceptors (Lipinski definition) is 2. The zero-order valence-electron chi connectivity index (χ0n) is 11.6. The van der Waals surface area contributed by atoms with E-state index in [1.54, 1.807) is 0 Å². The molecule has 0 fully saturated rings. The van der Waals surface area contributed by atoms with Crippen LogP contribution in [0.3, 0.4) is 0 Å². The van der Waals surface area contributed by atoms with Gasteiger partial charge in [-0.1, -0.05) is 32.9 Å². The first-order valence-electron chi connectivity index (χ1n) is 5.98. The molecule has 0 rings (SSSR count). The molecule has 0 saturated heterocycles. The number of hydrogen-bond donors (Lipinski definition) is 1. The van der Waals surface area contributed by atoms with Crippen LogP contribution >= 0.6 is 0 Å². The van der Waals surface area contributed by atoms with Crippen molar-refractivity contribution in [2.45, 2.75) is 60.0 Å². The first-order chi connectivity index (χ1) is 7.35. The van der Waals surface area contributed by atoms with E-state index in [1.165, 1.54) is 0 Å². The summed E-state index contributed by atoms with van der Waals surface area (Å²) < 4.78 is 5.07. The molecular formula is C13H27NO2. The van der Waals surface area contributed by atoms with Gasteiger partial charge < -0.3 is 10.1 Å². The first-order valence-corrected chi connectivity index (χ1v) is 5.98. The molecule has 96 valence electrons. The van der Waals surface area contributed by atoms with Crippen LogP contribution < -0.4 is 5.32 Å². The van der Waals surface area contributed by atoms with Crippen molar-refractivity contribution in [3.05, 3.63) is 12.2 Å². The molecule has 0 heterocycles. The molecule has 0 radical (unpaired) electrons. The second-order valence-electron chi connectivity index (χ2n) is 4.28.